The van der Waals surface area contributed by atoms with Crippen molar-refractivity contribution in [1.29, 1.82) is 0 Å². The van der Waals surface area contributed by atoms with Crippen molar-refractivity contribution in [2.24, 2.45) is 22.8 Å². The number of hydrogen-bond donors (Lipinski definition) is 3. The molecule has 8 heterocycles. The number of oxime groups is 2. The molecule has 0 unspecified atom stereocenters. The molecule has 0 radical (unpaired) electrons. The summed E-state index contributed by atoms with van der Waals surface area (Å²) in [5.74, 6) is -1.69. The van der Waals surface area contributed by atoms with Crippen LogP contribution in [0.25, 0.3) is 16.8 Å². The second-order valence-corrected chi connectivity index (χ2v) is 31.2. The van der Waals surface area contributed by atoms with E-state index in [2.05, 4.69) is 68.6 Å². The topological polar surface area (TPSA) is 392 Å². The van der Waals surface area contributed by atoms with E-state index < -0.39 is 68.5 Å². The molecular formula is C73H84N12O19S3. The standard InChI is InChI=1S/C23H32N2O4.C18H17NO3.C16H18N6O7S2.C16H17N3O5S/c1-7-16-13-15(3)14-17(8-2)18(16)19-20(26)24-9-11-28-12-10-25(24)21(19)29-22(27)23(4,5)6;1-2-21-17(20)16-13-18(22-19-16,14-9-5-3-6-10-14)15-11-7-4-8-12-15;1-4-30(24,25)13-14(22-8-6-5-7-10(22)17-13)31(26,27)21-16(23)20-15-18-11(28-2)9-12(19-15)29-3;1-9-10(15(20)11-8-17-19(2)16(11)21)4-5-13(25(3,22)23)14(9)12-6-7-24-18-12/h13-14H,7-12H2,1-6H3;3-12H,2,13H2,1H3;5-9H,4H2,1-3H3,(H2,18,19,20,21,23);4-5,8,21H,6-7H2,1-3H3. The molecule has 9 aromatic rings. The van der Waals surface area contributed by atoms with Crippen molar-refractivity contribution in [3.63, 3.8) is 0 Å². The third-order valence-electron chi connectivity index (χ3n) is 17.1. The zero-order valence-electron chi connectivity index (χ0n) is 61.3. The number of sulfonamides is 1. The first-order valence-corrected chi connectivity index (χ1v) is 38.9. The van der Waals surface area contributed by atoms with Gasteiger partial charge in [-0.2, -0.15) is 23.5 Å². The normalized spacial score (nSPS) is 13.9. The number of sulfone groups is 2. The summed E-state index contributed by atoms with van der Waals surface area (Å²) in [6.45, 7) is 19.0. The summed E-state index contributed by atoms with van der Waals surface area (Å²) in [5.41, 5.74) is 7.20. The lowest BCUT2D eigenvalue weighted by atomic mass is 9.82. The van der Waals surface area contributed by atoms with Gasteiger partial charge in [-0.15, -0.1) is 0 Å². The summed E-state index contributed by atoms with van der Waals surface area (Å²) in [5, 5.41) is 22.5. The van der Waals surface area contributed by atoms with Crippen LogP contribution in [0.4, 0.5) is 10.7 Å². The van der Waals surface area contributed by atoms with Crippen LogP contribution in [0.1, 0.15) is 116 Å². The first kappa shape index (κ1) is 80.0. The Morgan fingerprint density at radius 1 is 0.729 bits per heavy atom. The third-order valence-corrected chi connectivity index (χ3v) is 21.4. The van der Waals surface area contributed by atoms with Crippen molar-refractivity contribution in [2.75, 3.05) is 58.0 Å². The molecular weight excluding hydrogens is 1450 g/mol. The van der Waals surface area contributed by atoms with E-state index in [9.17, 15) is 54.3 Å². The van der Waals surface area contributed by atoms with E-state index in [0.717, 1.165) is 51.3 Å². The van der Waals surface area contributed by atoms with Crippen LogP contribution in [0, 0.1) is 19.3 Å². The number of aromatic hydroxyl groups is 1. The second-order valence-electron chi connectivity index (χ2n) is 25.5. The highest BCUT2D eigenvalue weighted by molar-refractivity contribution is 7.93. The highest BCUT2D eigenvalue weighted by Crippen LogP contribution is 2.42. The van der Waals surface area contributed by atoms with Gasteiger partial charge < -0.3 is 38.5 Å². The lowest BCUT2D eigenvalue weighted by Gasteiger charge is -2.27. The highest BCUT2D eigenvalue weighted by atomic mass is 32.2. The van der Waals surface area contributed by atoms with Crippen molar-refractivity contribution in [2.45, 2.75) is 122 Å². The number of carbonyl (C=O) groups is 4. The van der Waals surface area contributed by atoms with Gasteiger partial charge in [0, 0.05) is 48.2 Å². The number of ketones is 1. The van der Waals surface area contributed by atoms with Crippen molar-refractivity contribution >= 4 is 76.5 Å². The number of amides is 2. The number of rotatable bonds is 19. The van der Waals surface area contributed by atoms with Crippen LogP contribution in [0.5, 0.6) is 23.5 Å². The van der Waals surface area contributed by atoms with Crippen LogP contribution in [0.2, 0.25) is 0 Å². The Hall–Kier alpha value is -11.1. The number of pyridine rings is 1. The van der Waals surface area contributed by atoms with E-state index in [-0.39, 0.29) is 62.5 Å². The summed E-state index contributed by atoms with van der Waals surface area (Å²) in [7, 11) is -8.05. The molecule has 568 valence electrons. The number of hydrogen-bond acceptors (Lipinski definition) is 25. The Morgan fingerprint density at radius 2 is 1.34 bits per heavy atom. The van der Waals surface area contributed by atoms with Crippen LogP contribution in [0.15, 0.2) is 152 Å². The number of fused-ring (bicyclic) bond motifs is 2. The van der Waals surface area contributed by atoms with Crippen LogP contribution in [-0.4, -0.2) is 157 Å². The molecule has 4 aromatic carbocycles. The third kappa shape index (κ3) is 17.7. The Kier molecular flexibility index (Phi) is 25.1. The minimum absolute atomic E-state index is 0.0493. The van der Waals surface area contributed by atoms with Gasteiger partial charge in [-0.05, 0) is 101 Å². The Bertz CT molecular complexity index is 5230. The van der Waals surface area contributed by atoms with Gasteiger partial charge in [0.05, 0.1) is 87.6 Å². The van der Waals surface area contributed by atoms with Crippen molar-refractivity contribution < 1.29 is 82.9 Å². The molecule has 107 heavy (non-hydrogen) atoms. The van der Waals surface area contributed by atoms with E-state index in [1.54, 1.807) is 34.0 Å². The number of urea groups is 1. The number of carbonyl (C=O) groups excluding carboxylic acids is 4. The van der Waals surface area contributed by atoms with E-state index in [0.29, 0.717) is 86.4 Å². The fourth-order valence-electron chi connectivity index (χ4n) is 11.8. The largest absolute Gasteiger partial charge is 0.493 e. The van der Waals surface area contributed by atoms with E-state index in [1.807, 2.05) is 81.4 Å². The van der Waals surface area contributed by atoms with Gasteiger partial charge in [-0.3, -0.25) is 24.1 Å². The van der Waals surface area contributed by atoms with Gasteiger partial charge in [-0.25, -0.2) is 50.2 Å². The predicted octanol–water partition coefficient (Wildman–Crippen LogP) is 8.64. The molecule has 3 aliphatic heterocycles. The fourth-order valence-corrected chi connectivity index (χ4v) is 15.4. The highest BCUT2D eigenvalue weighted by Gasteiger charge is 2.45. The summed E-state index contributed by atoms with van der Waals surface area (Å²) in [6, 6.07) is 31.3. The van der Waals surface area contributed by atoms with Crippen molar-refractivity contribution in [3.05, 3.63) is 182 Å². The predicted molar refractivity (Wildman–Crippen MR) is 394 cm³/mol. The van der Waals surface area contributed by atoms with Crippen molar-refractivity contribution in [1.82, 2.24) is 43.2 Å². The number of methoxy groups -OCH3 is 2. The lowest BCUT2D eigenvalue weighted by Crippen LogP contribution is -2.36. The van der Waals surface area contributed by atoms with Crippen LogP contribution in [0.3, 0.4) is 0 Å². The summed E-state index contributed by atoms with van der Waals surface area (Å²) in [6.07, 6.45) is 6.11. The second kappa shape index (κ2) is 33.6. The summed E-state index contributed by atoms with van der Waals surface area (Å²) >= 11 is 0. The number of aryl methyl sites for hydroxylation is 4. The molecule has 31 nitrogen and oxygen atoms in total. The summed E-state index contributed by atoms with van der Waals surface area (Å²) in [4.78, 5) is 85.9. The molecule has 0 saturated carbocycles. The molecule has 2 amide bonds. The zero-order valence-corrected chi connectivity index (χ0v) is 63.8. The number of imidazole rings is 1. The molecule has 0 bridgehead atoms. The number of benzene rings is 4. The van der Waals surface area contributed by atoms with E-state index >= 15 is 0 Å². The maximum absolute atomic E-state index is 13.5. The first-order valence-electron chi connectivity index (χ1n) is 33.9. The van der Waals surface area contributed by atoms with Gasteiger partial charge in [0.1, 0.15) is 23.4 Å². The summed E-state index contributed by atoms with van der Waals surface area (Å²) < 4.78 is 109. The number of nitrogens with zero attached hydrogens (tertiary/aromatic N) is 10. The number of esters is 2. The SMILES string of the molecule is CCOC(=O)C1=NOC(c2ccccc2)(c2ccccc2)C1.CCS(=O)(=O)c1nc2ccccn2c1S(=O)(=O)NC(=O)Nc1nc(OC)cc(OC)n1.CCc1cc(C)cc(CC)c1-c1c(OC(=O)C(C)(C)C)n2n(c1=O)CCOCC2.Cc1c(C(=O)c2cnn(C)c2O)ccc(S(C)(=O)=O)c1C1=NOCC1. The Balaban J connectivity index is 0.000000166. The molecule has 0 aliphatic carbocycles. The molecule has 5 aromatic heterocycles. The smallest absolute Gasteiger partial charge is 0.356 e. The molecule has 34 heteroatoms. The maximum atomic E-state index is 13.5. The average Bonchev–Trinajstić information content (AvgIpc) is 1.65. The molecule has 0 atom stereocenters. The van der Waals surface area contributed by atoms with Crippen molar-refractivity contribution in [3.8, 4) is 34.6 Å². The number of aromatic nitrogens is 8. The molecule has 0 fully saturated rings. The monoisotopic (exact) mass is 1530 g/mol. The number of ether oxygens (including phenoxy) is 5. The van der Waals surface area contributed by atoms with E-state index in [1.165, 1.54) is 81.2 Å². The number of nitrogens with one attached hydrogen (secondary N) is 2. The van der Waals surface area contributed by atoms with E-state index in [4.69, 9.17) is 33.4 Å². The molecule has 0 saturated heterocycles. The molecule has 3 N–H and O–H groups in total. The fraction of sp³-hybridized carbons (Fsp3) is 0.356. The first-order chi connectivity index (χ1) is 50.8. The molecule has 0 spiro atoms. The van der Waals surface area contributed by atoms with Crippen LogP contribution >= 0.6 is 0 Å². The quantitative estimate of drug-likeness (QED) is 0.0503. The minimum Gasteiger partial charge on any atom is -0.493 e. The van der Waals surface area contributed by atoms with Gasteiger partial charge >= 0.3 is 18.0 Å². The van der Waals surface area contributed by atoms with Gasteiger partial charge in [0.15, 0.2) is 46.8 Å². The van der Waals surface area contributed by atoms with Gasteiger partial charge in [0.2, 0.25) is 29.5 Å². The van der Waals surface area contributed by atoms with Gasteiger partial charge in [-0.1, -0.05) is 116 Å². The Morgan fingerprint density at radius 3 is 1.87 bits per heavy atom. The maximum Gasteiger partial charge on any atom is 0.356 e. The number of anilines is 1. The van der Waals surface area contributed by atoms with Crippen LogP contribution < -0.4 is 29.8 Å². The zero-order chi connectivity index (χ0) is 77.9. The van der Waals surface area contributed by atoms with Crippen LogP contribution in [-0.2, 0) is 97.0 Å². The molecule has 12 rings (SSSR count). The average molecular weight is 1530 g/mol. The van der Waals surface area contributed by atoms with Gasteiger partial charge in [0.25, 0.3) is 15.6 Å². The minimum atomic E-state index is -4.68. The Labute approximate surface area is 618 Å². The lowest BCUT2D eigenvalue weighted by molar-refractivity contribution is -0.143. The molecule has 3 aliphatic rings.